The number of benzene rings is 2. The maximum Gasteiger partial charge on any atom is 0.229 e. The molecule has 0 radical (unpaired) electrons. The van der Waals surface area contributed by atoms with Gasteiger partial charge in [0.1, 0.15) is 12.2 Å². The number of aryl methyl sites for hydroxylation is 3. The summed E-state index contributed by atoms with van der Waals surface area (Å²) in [5.41, 5.74) is 5.59. The molecule has 1 atom stereocenters. The first kappa shape index (κ1) is 25.3. The molecule has 0 unspecified atom stereocenters. The normalized spacial score (nSPS) is 18.5. The number of aromatic nitrogens is 2. The molecule has 1 fully saturated rings. The number of likely N-dealkylation sites (tertiary alicyclic amines) is 1. The van der Waals surface area contributed by atoms with Gasteiger partial charge in [0.2, 0.25) is 5.95 Å². The number of rotatable bonds is 6. The van der Waals surface area contributed by atoms with Crippen LogP contribution in [0.3, 0.4) is 0 Å². The lowest BCUT2D eigenvalue weighted by Crippen LogP contribution is -2.32. The Morgan fingerprint density at radius 1 is 1.03 bits per heavy atom. The van der Waals surface area contributed by atoms with Gasteiger partial charge in [0.15, 0.2) is 5.82 Å². The van der Waals surface area contributed by atoms with Crippen molar-refractivity contribution in [1.82, 2.24) is 14.9 Å². The van der Waals surface area contributed by atoms with Gasteiger partial charge in [-0.05, 0) is 107 Å². The SMILES string of the molecule is Cc1cccc(Nc2nc(Nc3ccc4c(c3)CC[C@@H](N3CCCC3)CC4)ncc2Cl)c1P(C)(C)=O. The van der Waals surface area contributed by atoms with E-state index in [1.165, 1.54) is 49.9 Å². The Labute approximate surface area is 219 Å². The van der Waals surface area contributed by atoms with Crippen LogP contribution < -0.4 is 15.9 Å². The summed E-state index contributed by atoms with van der Waals surface area (Å²) in [7, 11) is -2.51. The Hall–Kier alpha value is -2.40. The van der Waals surface area contributed by atoms with Crippen LogP contribution in [0.15, 0.2) is 42.6 Å². The summed E-state index contributed by atoms with van der Waals surface area (Å²) < 4.78 is 13.0. The fourth-order valence-corrected chi connectivity index (χ4v) is 7.46. The molecule has 2 aliphatic rings. The third-order valence-electron chi connectivity index (χ3n) is 7.39. The maximum absolute atomic E-state index is 13.0. The molecule has 0 spiro atoms. The van der Waals surface area contributed by atoms with E-state index in [0.29, 0.717) is 22.8 Å². The summed E-state index contributed by atoms with van der Waals surface area (Å²) in [5, 5.41) is 7.89. The summed E-state index contributed by atoms with van der Waals surface area (Å²) in [4.78, 5) is 11.7. The fraction of sp³-hybridized carbons (Fsp3) is 0.429. The van der Waals surface area contributed by atoms with Gasteiger partial charge in [0, 0.05) is 17.0 Å². The average molecular weight is 524 g/mol. The quantitative estimate of drug-likeness (QED) is 0.283. The van der Waals surface area contributed by atoms with Crippen LogP contribution in [-0.4, -0.2) is 47.3 Å². The van der Waals surface area contributed by atoms with Crippen LogP contribution in [0.5, 0.6) is 0 Å². The van der Waals surface area contributed by atoms with Crippen LogP contribution in [0.2, 0.25) is 5.02 Å². The number of anilines is 4. The Morgan fingerprint density at radius 3 is 2.53 bits per heavy atom. The maximum atomic E-state index is 13.0. The third-order valence-corrected chi connectivity index (χ3v) is 9.33. The van der Waals surface area contributed by atoms with E-state index < -0.39 is 7.14 Å². The molecule has 2 N–H and O–H groups in total. The molecule has 2 heterocycles. The standard InChI is InChI=1S/C28H35ClN5OP/c1-19-7-6-8-25(26(19)36(2,3)35)32-27-24(29)18-30-28(33-27)31-22-12-9-20-10-13-23(14-11-21(20)17-22)34-15-4-5-16-34/h6-9,12,17-18,23H,4-5,10-11,13-16H2,1-3H3,(H2,30,31,32,33)/t23-/m0/s1. The van der Waals surface area contributed by atoms with E-state index >= 15 is 0 Å². The number of hydrogen-bond acceptors (Lipinski definition) is 6. The van der Waals surface area contributed by atoms with E-state index in [1.807, 2.05) is 25.1 Å². The smallest absolute Gasteiger partial charge is 0.229 e. The van der Waals surface area contributed by atoms with Crippen molar-refractivity contribution in [2.45, 2.75) is 51.5 Å². The van der Waals surface area contributed by atoms with Gasteiger partial charge in [-0.2, -0.15) is 4.98 Å². The van der Waals surface area contributed by atoms with Crippen LogP contribution in [0.1, 0.15) is 42.4 Å². The number of fused-ring (bicyclic) bond motifs is 1. The highest BCUT2D eigenvalue weighted by atomic mass is 35.5. The average Bonchev–Trinajstić information content (AvgIpc) is 3.28. The molecule has 1 saturated heterocycles. The van der Waals surface area contributed by atoms with Gasteiger partial charge in [-0.15, -0.1) is 0 Å². The Bertz CT molecular complexity index is 1300. The summed E-state index contributed by atoms with van der Waals surface area (Å²) >= 11 is 6.45. The zero-order valence-corrected chi connectivity index (χ0v) is 23.0. The lowest BCUT2D eigenvalue weighted by atomic mass is 10.0. The summed E-state index contributed by atoms with van der Waals surface area (Å²) in [6, 6.07) is 13.1. The largest absolute Gasteiger partial charge is 0.338 e. The van der Waals surface area contributed by atoms with Crippen molar-refractivity contribution in [3.63, 3.8) is 0 Å². The van der Waals surface area contributed by atoms with E-state index in [-0.39, 0.29) is 0 Å². The molecule has 6 nitrogen and oxygen atoms in total. The van der Waals surface area contributed by atoms with Gasteiger partial charge < -0.3 is 20.1 Å². The van der Waals surface area contributed by atoms with Crippen molar-refractivity contribution >= 4 is 47.2 Å². The van der Waals surface area contributed by atoms with Crippen molar-refractivity contribution in [3.05, 3.63) is 64.3 Å². The van der Waals surface area contributed by atoms with E-state index in [2.05, 4.69) is 43.7 Å². The molecule has 0 bridgehead atoms. The van der Waals surface area contributed by atoms with Crippen LogP contribution in [0.4, 0.5) is 23.1 Å². The van der Waals surface area contributed by atoms with Gasteiger partial charge in [-0.25, -0.2) is 4.98 Å². The molecule has 2 aromatic carbocycles. The number of nitrogens with zero attached hydrogens (tertiary/aromatic N) is 3. The lowest BCUT2D eigenvalue weighted by Gasteiger charge is -2.25. The van der Waals surface area contributed by atoms with Crippen molar-refractivity contribution in [3.8, 4) is 0 Å². The molecule has 8 heteroatoms. The molecule has 0 saturated carbocycles. The molecular formula is C28H35ClN5OP. The lowest BCUT2D eigenvalue weighted by molar-refractivity contribution is 0.222. The number of halogens is 1. The Balaban J connectivity index is 1.34. The molecule has 3 aromatic rings. The number of hydrogen-bond donors (Lipinski definition) is 2. The molecule has 0 amide bonds. The minimum absolute atomic E-state index is 0.407. The van der Waals surface area contributed by atoms with Crippen LogP contribution in [0.25, 0.3) is 0 Å². The van der Waals surface area contributed by atoms with Crippen molar-refractivity contribution in [2.75, 3.05) is 37.1 Å². The van der Waals surface area contributed by atoms with Gasteiger partial charge in [0.05, 0.1) is 11.9 Å². The van der Waals surface area contributed by atoms with E-state index in [0.717, 1.165) is 35.1 Å². The summed E-state index contributed by atoms with van der Waals surface area (Å²) in [5.74, 6) is 0.952. The summed E-state index contributed by atoms with van der Waals surface area (Å²) in [6.45, 7) is 8.05. The molecule has 1 aromatic heterocycles. The molecule has 1 aliphatic heterocycles. The monoisotopic (exact) mass is 523 g/mol. The number of nitrogens with one attached hydrogen (secondary N) is 2. The predicted octanol–water partition coefficient (Wildman–Crippen LogP) is 6.52. The van der Waals surface area contributed by atoms with Crippen molar-refractivity contribution < 1.29 is 4.57 Å². The van der Waals surface area contributed by atoms with Gasteiger partial charge in [-0.1, -0.05) is 29.8 Å². The molecule has 190 valence electrons. The van der Waals surface area contributed by atoms with Crippen molar-refractivity contribution in [1.29, 1.82) is 0 Å². The zero-order chi connectivity index (χ0) is 25.3. The minimum Gasteiger partial charge on any atom is -0.338 e. The van der Waals surface area contributed by atoms with E-state index in [1.54, 1.807) is 19.5 Å². The highest BCUT2D eigenvalue weighted by Gasteiger charge is 2.24. The molecule has 5 rings (SSSR count). The Kier molecular flexibility index (Phi) is 7.39. The van der Waals surface area contributed by atoms with Crippen LogP contribution in [-0.2, 0) is 17.4 Å². The molecule has 36 heavy (non-hydrogen) atoms. The third kappa shape index (κ3) is 5.61. The van der Waals surface area contributed by atoms with Gasteiger partial charge in [-0.3, -0.25) is 0 Å². The second kappa shape index (κ2) is 10.5. The first-order valence-corrected chi connectivity index (χ1v) is 15.8. The van der Waals surface area contributed by atoms with Gasteiger partial charge >= 0.3 is 0 Å². The first-order valence-electron chi connectivity index (χ1n) is 12.9. The second-order valence-electron chi connectivity index (χ2n) is 10.4. The van der Waals surface area contributed by atoms with Crippen LogP contribution >= 0.6 is 18.7 Å². The summed E-state index contributed by atoms with van der Waals surface area (Å²) in [6.07, 6.45) is 8.99. The highest BCUT2D eigenvalue weighted by Crippen LogP contribution is 2.40. The zero-order valence-electron chi connectivity index (χ0n) is 21.4. The van der Waals surface area contributed by atoms with E-state index in [9.17, 15) is 4.57 Å². The van der Waals surface area contributed by atoms with Crippen molar-refractivity contribution in [2.24, 2.45) is 0 Å². The second-order valence-corrected chi connectivity index (χ2v) is 14.0. The minimum atomic E-state index is -2.51. The van der Waals surface area contributed by atoms with Crippen LogP contribution in [0, 0.1) is 6.92 Å². The molecular weight excluding hydrogens is 489 g/mol. The predicted molar refractivity (Wildman–Crippen MR) is 152 cm³/mol. The Morgan fingerprint density at radius 2 is 1.78 bits per heavy atom. The van der Waals surface area contributed by atoms with Gasteiger partial charge in [0.25, 0.3) is 0 Å². The first-order chi connectivity index (χ1) is 17.3. The van der Waals surface area contributed by atoms with E-state index in [4.69, 9.17) is 11.6 Å². The molecule has 1 aliphatic carbocycles. The highest BCUT2D eigenvalue weighted by molar-refractivity contribution is 7.70. The fourth-order valence-electron chi connectivity index (χ4n) is 5.69. The topological polar surface area (TPSA) is 70.2 Å².